The van der Waals surface area contributed by atoms with E-state index < -0.39 is 5.82 Å². The average molecular weight is 241 g/mol. The first-order valence-corrected chi connectivity index (χ1v) is 5.34. The third-order valence-electron chi connectivity index (χ3n) is 2.64. The molecule has 0 atom stereocenters. The van der Waals surface area contributed by atoms with Crippen LogP contribution in [0.5, 0.6) is 0 Å². The van der Waals surface area contributed by atoms with Gasteiger partial charge >= 0.3 is 0 Å². The molecule has 5 heteroatoms. The number of aromatic nitrogens is 3. The molecule has 2 aromatic carbocycles. The number of hydrogen-bond donors (Lipinski definition) is 0. The van der Waals surface area contributed by atoms with E-state index in [1.807, 2.05) is 24.3 Å². The summed E-state index contributed by atoms with van der Waals surface area (Å²) < 4.78 is 14.9. The minimum atomic E-state index is -0.478. The van der Waals surface area contributed by atoms with Crippen molar-refractivity contribution in [3.8, 4) is 5.69 Å². The van der Waals surface area contributed by atoms with E-state index in [4.69, 9.17) is 0 Å². The monoisotopic (exact) mass is 241 g/mol. The Balaban J connectivity index is 2.25. The molecular weight excluding hydrogens is 233 g/mol. The summed E-state index contributed by atoms with van der Waals surface area (Å²) in [5, 5.41) is 7.95. The molecule has 0 aliphatic carbocycles. The third kappa shape index (κ3) is 1.66. The van der Waals surface area contributed by atoms with Crippen LogP contribution >= 0.6 is 0 Å². The van der Waals surface area contributed by atoms with Crippen LogP contribution in [0.3, 0.4) is 0 Å². The maximum atomic E-state index is 13.4. The fraction of sp³-hybridized carbons (Fsp3) is 0. The van der Waals surface area contributed by atoms with Gasteiger partial charge in [-0.15, -0.1) is 5.10 Å². The standard InChI is InChI=1S/C13H8FN3O/c14-10-5-9(8-18)6-11(7-10)17-13-4-2-1-3-12(13)15-16-17/h1-8H. The maximum absolute atomic E-state index is 13.4. The number of hydrogen-bond acceptors (Lipinski definition) is 3. The van der Waals surface area contributed by atoms with E-state index in [0.29, 0.717) is 12.0 Å². The predicted molar refractivity (Wildman–Crippen MR) is 64.2 cm³/mol. The van der Waals surface area contributed by atoms with Crippen molar-refractivity contribution < 1.29 is 9.18 Å². The van der Waals surface area contributed by atoms with Gasteiger partial charge in [-0.1, -0.05) is 17.3 Å². The Labute approximate surface area is 102 Å². The maximum Gasteiger partial charge on any atom is 0.150 e. The normalized spacial score (nSPS) is 10.7. The highest BCUT2D eigenvalue weighted by Gasteiger charge is 2.08. The topological polar surface area (TPSA) is 47.8 Å². The molecule has 0 unspecified atom stereocenters. The van der Waals surface area contributed by atoms with Crippen molar-refractivity contribution in [2.75, 3.05) is 0 Å². The fourth-order valence-corrected chi connectivity index (χ4v) is 1.85. The first kappa shape index (κ1) is 10.6. The van der Waals surface area contributed by atoms with E-state index in [9.17, 15) is 9.18 Å². The molecule has 3 aromatic rings. The van der Waals surface area contributed by atoms with Crippen LogP contribution in [-0.2, 0) is 0 Å². The van der Waals surface area contributed by atoms with Crippen LogP contribution < -0.4 is 0 Å². The zero-order chi connectivity index (χ0) is 12.5. The molecule has 88 valence electrons. The van der Waals surface area contributed by atoms with Crippen LogP contribution in [0, 0.1) is 5.82 Å². The summed E-state index contributed by atoms with van der Waals surface area (Å²) in [6.45, 7) is 0. The molecule has 0 radical (unpaired) electrons. The highest BCUT2D eigenvalue weighted by molar-refractivity contribution is 5.78. The predicted octanol–water partition coefficient (Wildman–Crippen LogP) is 2.37. The number of carbonyl (C=O) groups excluding carboxylic acids is 1. The highest BCUT2D eigenvalue weighted by Crippen LogP contribution is 2.17. The van der Waals surface area contributed by atoms with Crippen molar-refractivity contribution in [3.63, 3.8) is 0 Å². The number of para-hydroxylation sites is 1. The van der Waals surface area contributed by atoms with Crippen LogP contribution in [0.2, 0.25) is 0 Å². The molecule has 1 heterocycles. The number of rotatable bonds is 2. The lowest BCUT2D eigenvalue weighted by molar-refractivity contribution is 0.112. The van der Waals surface area contributed by atoms with Crippen molar-refractivity contribution in [3.05, 3.63) is 53.8 Å². The lowest BCUT2D eigenvalue weighted by atomic mass is 10.2. The Morgan fingerprint density at radius 2 is 2.00 bits per heavy atom. The first-order valence-electron chi connectivity index (χ1n) is 5.34. The lowest BCUT2D eigenvalue weighted by Gasteiger charge is -2.03. The summed E-state index contributed by atoms with van der Waals surface area (Å²) in [5.74, 6) is -0.478. The van der Waals surface area contributed by atoms with Crippen molar-refractivity contribution in [2.45, 2.75) is 0 Å². The summed E-state index contributed by atoms with van der Waals surface area (Å²) in [5.41, 5.74) is 2.23. The molecule has 0 aliphatic rings. The summed E-state index contributed by atoms with van der Waals surface area (Å²) in [4.78, 5) is 10.7. The third-order valence-corrected chi connectivity index (χ3v) is 2.64. The van der Waals surface area contributed by atoms with Gasteiger partial charge in [0, 0.05) is 5.56 Å². The van der Waals surface area contributed by atoms with Crippen molar-refractivity contribution in [1.82, 2.24) is 15.0 Å². The van der Waals surface area contributed by atoms with Crippen LogP contribution in [0.4, 0.5) is 4.39 Å². The Morgan fingerprint density at radius 3 is 2.83 bits per heavy atom. The number of aldehydes is 1. The minimum Gasteiger partial charge on any atom is -0.298 e. The number of carbonyl (C=O) groups is 1. The molecule has 0 saturated heterocycles. The summed E-state index contributed by atoms with van der Waals surface area (Å²) in [6.07, 6.45) is 0.603. The smallest absolute Gasteiger partial charge is 0.150 e. The van der Waals surface area contributed by atoms with Gasteiger partial charge in [0.1, 0.15) is 17.6 Å². The van der Waals surface area contributed by atoms with Gasteiger partial charge in [-0.25, -0.2) is 9.07 Å². The zero-order valence-corrected chi connectivity index (χ0v) is 9.25. The first-order chi connectivity index (χ1) is 8.78. The van der Waals surface area contributed by atoms with E-state index in [0.717, 1.165) is 11.0 Å². The molecular formula is C13H8FN3O. The van der Waals surface area contributed by atoms with Gasteiger partial charge in [-0.3, -0.25) is 4.79 Å². The van der Waals surface area contributed by atoms with Crippen molar-refractivity contribution in [1.29, 1.82) is 0 Å². The molecule has 0 amide bonds. The second kappa shape index (κ2) is 4.03. The Hall–Kier alpha value is -2.56. The molecule has 4 nitrogen and oxygen atoms in total. The molecule has 1 aromatic heterocycles. The number of halogens is 1. The van der Waals surface area contributed by atoms with Gasteiger partial charge in [-0.2, -0.15) is 0 Å². The molecule has 0 N–H and O–H groups in total. The van der Waals surface area contributed by atoms with Crippen molar-refractivity contribution in [2.24, 2.45) is 0 Å². The minimum absolute atomic E-state index is 0.268. The SMILES string of the molecule is O=Cc1cc(F)cc(-n2nnc3ccccc32)c1. The van der Waals surface area contributed by atoms with Gasteiger partial charge in [0.15, 0.2) is 0 Å². The second-order valence-electron chi connectivity index (χ2n) is 3.85. The molecule has 0 saturated carbocycles. The lowest BCUT2D eigenvalue weighted by Crippen LogP contribution is -1.98. The number of fused-ring (bicyclic) bond motifs is 1. The van der Waals surface area contributed by atoms with Crippen LogP contribution in [0.1, 0.15) is 10.4 Å². The fourth-order valence-electron chi connectivity index (χ4n) is 1.85. The van der Waals surface area contributed by atoms with Gasteiger partial charge < -0.3 is 0 Å². The zero-order valence-electron chi connectivity index (χ0n) is 9.25. The Bertz CT molecular complexity index is 736. The van der Waals surface area contributed by atoms with Crippen molar-refractivity contribution >= 4 is 17.3 Å². The van der Waals surface area contributed by atoms with E-state index in [1.54, 1.807) is 6.07 Å². The number of benzene rings is 2. The largest absolute Gasteiger partial charge is 0.298 e. The summed E-state index contributed by atoms with van der Waals surface area (Å²) in [7, 11) is 0. The van der Waals surface area contributed by atoms with Gasteiger partial charge in [0.2, 0.25) is 0 Å². The van der Waals surface area contributed by atoms with Gasteiger partial charge in [-0.05, 0) is 30.3 Å². The molecule has 3 rings (SSSR count). The highest BCUT2D eigenvalue weighted by atomic mass is 19.1. The average Bonchev–Trinajstić information content (AvgIpc) is 2.81. The van der Waals surface area contributed by atoms with Gasteiger partial charge in [0.25, 0.3) is 0 Å². The molecule has 0 fully saturated rings. The van der Waals surface area contributed by atoms with E-state index in [1.165, 1.54) is 16.8 Å². The summed E-state index contributed by atoms with van der Waals surface area (Å²) >= 11 is 0. The van der Waals surface area contributed by atoms with Crippen LogP contribution in [0.25, 0.3) is 16.7 Å². The second-order valence-corrected chi connectivity index (χ2v) is 3.85. The van der Waals surface area contributed by atoms with Crippen LogP contribution in [-0.4, -0.2) is 21.3 Å². The molecule has 0 bridgehead atoms. The Morgan fingerprint density at radius 1 is 1.17 bits per heavy atom. The molecule has 0 aliphatic heterocycles. The molecule has 18 heavy (non-hydrogen) atoms. The quantitative estimate of drug-likeness (QED) is 0.647. The van der Waals surface area contributed by atoms with Gasteiger partial charge in [0.05, 0.1) is 11.2 Å². The van der Waals surface area contributed by atoms with Crippen LogP contribution in [0.15, 0.2) is 42.5 Å². The van der Waals surface area contributed by atoms with E-state index in [2.05, 4.69) is 10.3 Å². The molecule has 0 spiro atoms. The van der Waals surface area contributed by atoms with E-state index in [-0.39, 0.29) is 5.56 Å². The number of nitrogens with zero attached hydrogens (tertiary/aromatic N) is 3. The Kier molecular flexibility index (Phi) is 2.37. The summed E-state index contributed by atoms with van der Waals surface area (Å²) in [6, 6.07) is 11.4. The van der Waals surface area contributed by atoms with E-state index >= 15 is 0 Å².